The van der Waals surface area contributed by atoms with Gasteiger partial charge in [0.2, 0.25) is 0 Å². The number of nitrogens with two attached hydrogens (primary N) is 1. The first-order valence-electron chi connectivity index (χ1n) is 5.85. The molecule has 92 valence electrons. The minimum Gasteiger partial charge on any atom is -0.334 e. The number of hydrogen-bond donors (Lipinski definition) is 2. The Morgan fingerprint density at radius 2 is 2.29 bits per heavy atom. The molecule has 0 spiro atoms. The Bertz CT molecular complexity index is 474. The molecule has 5 heteroatoms. The summed E-state index contributed by atoms with van der Waals surface area (Å²) in [5.74, 6) is 6.65. The molecule has 2 aromatic heterocycles. The van der Waals surface area contributed by atoms with E-state index in [1.807, 2.05) is 12.4 Å². The summed E-state index contributed by atoms with van der Waals surface area (Å²) >= 11 is 1.79. The molecule has 0 aliphatic carbocycles. The van der Waals surface area contributed by atoms with E-state index < -0.39 is 0 Å². The van der Waals surface area contributed by atoms with Crippen LogP contribution in [0.4, 0.5) is 0 Å². The fraction of sp³-hybridized carbons (Fsp3) is 0.417. The zero-order chi connectivity index (χ0) is 12.3. The van der Waals surface area contributed by atoms with Crippen LogP contribution in [0.3, 0.4) is 0 Å². The lowest BCUT2D eigenvalue weighted by Crippen LogP contribution is -2.30. The Hall–Kier alpha value is -1.17. The first kappa shape index (κ1) is 12.3. The van der Waals surface area contributed by atoms with E-state index >= 15 is 0 Å². The molecule has 0 saturated heterocycles. The van der Waals surface area contributed by atoms with Crippen LogP contribution in [0.5, 0.6) is 0 Å². The van der Waals surface area contributed by atoms with Crippen LogP contribution in [0.15, 0.2) is 24.5 Å². The highest BCUT2D eigenvalue weighted by molar-refractivity contribution is 7.12. The minimum atomic E-state index is -0.0183. The summed E-state index contributed by atoms with van der Waals surface area (Å²) in [5, 5.41) is 0. The zero-order valence-electron chi connectivity index (χ0n) is 10.2. The lowest BCUT2D eigenvalue weighted by atomic mass is 10.2. The molecule has 0 fully saturated rings. The number of hydrazine groups is 1. The number of aryl methyl sites for hydroxylation is 2. The van der Waals surface area contributed by atoms with E-state index in [-0.39, 0.29) is 6.04 Å². The predicted molar refractivity (Wildman–Crippen MR) is 70.8 cm³/mol. The highest BCUT2D eigenvalue weighted by Gasteiger charge is 2.18. The first-order valence-corrected chi connectivity index (χ1v) is 6.67. The van der Waals surface area contributed by atoms with Crippen molar-refractivity contribution in [2.45, 2.75) is 32.9 Å². The molecule has 3 N–H and O–H groups in total. The summed E-state index contributed by atoms with van der Waals surface area (Å²) in [6, 6.07) is 4.27. The van der Waals surface area contributed by atoms with Gasteiger partial charge in [-0.25, -0.2) is 10.4 Å². The number of thiophene rings is 1. The van der Waals surface area contributed by atoms with Crippen LogP contribution < -0.4 is 11.3 Å². The summed E-state index contributed by atoms with van der Waals surface area (Å²) in [6.07, 6.45) is 4.86. The van der Waals surface area contributed by atoms with Crippen molar-refractivity contribution in [2.24, 2.45) is 5.84 Å². The second kappa shape index (κ2) is 5.44. The molecule has 0 radical (unpaired) electrons. The Labute approximate surface area is 105 Å². The zero-order valence-corrected chi connectivity index (χ0v) is 11.0. The number of imidazole rings is 1. The molecule has 0 amide bonds. The normalized spacial score (nSPS) is 12.9. The maximum Gasteiger partial charge on any atom is 0.132 e. The Morgan fingerprint density at radius 3 is 2.88 bits per heavy atom. The minimum absolute atomic E-state index is 0.0183. The fourth-order valence-electron chi connectivity index (χ4n) is 1.87. The quantitative estimate of drug-likeness (QED) is 0.631. The molecular weight excluding hydrogens is 232 g/mol. The fourth-order valence-corrected chi connectivity index (χ4v) is 2.88. The van der Waals surface area contributed by atoms with Gasteiger partial charge in [-0.3, -0.25) is 5.84 Å². The summed E-state index contributed by atoms with van der Waals surface area (Å²) in [6.45, 7) is 5.16. The van der Waals surface area contributed by atoms with Gasteiger partial charge >= 0.3 is 0 Å². The van der Waals surface area contributed by atoms with Crippen LogP contribution in [-0.2, 0) is 13.0 Å². The van der Waals surface area contributed by atoms with Gasteiger partial charge in [-0.1, -0.05) is 6.92 Å². The third-order valence-electron chi connectivity index (χ3n) is 2.83. The van der Waals surface area contributed by atoms with Gasteiger partial charge < -0.3 is 4.57 Å². The van der Waals surface area contributed by atoms with Crippen molar-refractivity contribution in [1.29, 1.82) is 0 Å². The predicted octanol–water partition coefficient (Wildman–Crippen LogP) is 2.08. The van der Waals surface area contributed by atoms with Crippen LogP contribution in [0.25, 0.3) is 0 Å². The number of hydrogen-bond acceptors (Lipinski definition) is 4. The summed E-state index contributed by atoms with van der Waals surface area (Å²) in [7, 11) is 0. The molecule has 17 heavy (non-hydrogen) atoms. The third kappa shape index (κ3) is 2.41. The Morgan fingerprint density at radius 1 is 1.47 bits per heavy atom. The maximum absolute atomic E-state index is 5.67. The van der Waals surface area contributed by atoms with E-state index in [1.54, 1.807) is 11.3 Å². The lowest BCUT2D eigenvalue weighted by Gasteiger charge is -2.15. The topological polar surface area (TPSA) is 55.9 Å². The smallest absolute Gasteiger partial charge is 0.132 e. The molecule has 1 unspecified atom stereocenters. The summed E-state index contributed by atoms with van der Waals surface area (Å²) in [5.41, 5.74) is 2.86. The second-order valence-electron chi connectivity index (χ2n) is 3.83. The molecule has 0 saturated carbocycles. The van der Waals surface area contributed by atoms with Crippen molar-refractivity contribution < 1.29 is 0 Å². The average Bonchev–Trinajstić information content (AvgIpc) is 2.99. The molecule has 2 heterocycles. The summed E-state index contributed by atoms with van der Waals surface area (Å²) < 4.78 is 2.11. The van der Waals surface area contributed by atoms with Gasteiger partial charge in [0.25, 0.3) is 0 Å². The Kier molecular flexibility index (Phi) is 3.93. The Balaban J connectivity index is 2.33. The molecule has 0 bridgehead atoms. The average molecular weight is 250 g/mol. The molecule has 2 aromatic rings. The van der Waals surface area contributed by atoms with Crippen LogP contribution in [0, 0.1) is 0 Å². The monoisotopic (exact) mass is 250 g/mol. The van der Waals surface area contributed by atoms with Crippen LogP contribution >= 0.6 is 11.3 Å². The van der Waals surface area contributed by atoms with Gasteiger partial charge in [0, 0.05) is 28.7 Å². The third-order valence-corrected chi connectivity index (χ3v) is 4.12. The van der Waals surface area contributed by atoms with Crippen LogP contribution in [-0.4, -0.2) is 9.55 Å². The number of aromatic nitrogens is 2. The van der Waals surface area contributed by atoms with Gasteiger partial charge in [0.15, 0.2) is 0 Å². The molecule has 0 aromatic carbocycles. The van der Waals surface area contributed by atoms with Crippen LogP contribution in [0.1, 0.15) is 35.5 Å². The van der Waals surface area contributed by atoms with Gasteiger partial charge in [0.1, 0.15) is 11.9 Å². The molecule has 0 aliphatic heterocycles. The van der Waals surface area contributed by atoms with E-state index in [0.29, 0.717) is 0 Å². The van der Waals surface area contributed by atoms with E-state index in [2.05, 4.69) is 41.0 Å². The van der Waals surface area contributed by atoms with Gasteiger partial charge in [-0.15, -0.1) is 11.3 Å². The van der Waals surface area contributed by atoms with Crippen molar-refractivity contribution in [2.75, 3.05) is 0 Å². The van der Waals surface area contributed by atoms with E-state index in [4.69, 9.17) is 5.84 Å². The maximum atomic E-state index is 5.67. The number of nitrogens with zero attached hydrogens (tertiary/aromatic N) is 2. The standard InChI is InChI=1S/C12H18N4S/c1-3-9-5-6-10(17-9)11(15-13)12-14-7-8-16(12)4-2/h5-8,11,15H,3-4,13H2,1-2H3. The SMILES string of the molecule is CCc1ccc(C(NN)c2nccn2CC)s1. The van der Waals surface area contributed by atoms with E-state index in [1.165, 1.54) is 9.75 Å². The van der Waals surface area contributed by atoms with E-state index in [0.717, 1.165) is 18.8 Å². The van der Waals surface area contributed by atoms with Crippen molar-refractivity contribution in [3.8, 4) is 0 Å². The first-order chi connectivity index (χ1) is 8.30. The van der Waals surface area contributed by atoms with Gasteiger partial charge in [-0.05, 0) is 25.5 Å². The molecule has 4 nitrogen and oxygen atoms in total. The molecule has 2 rings (SSSR count). The second-order valence-corrected chi connectivity index (χ2v) is 5.03. The lowest BCUT2D eigenvalue weighted by molar-refractivity contribution is 0.567. The van der Waals surface area contributed by atoms with Crippen LogP contribution in [0.2, 0.25) is 0 Å². The summed E-state index contributed by atoms with van der Waals surface area (Å²) in [4.78, 5) is 6.98. The molecule has 1 atom stereocenters. The largest absolute Gasteiger partial charge is 0.334 e. The molecular formula is C12H18N4S. The highest BCUT2D eigenvalue weighted by atomic mass is 32.1. The van der Waals surface area contributed by atoms with Crippen molar-refractivity contribution in [1.82, 2.24) is 15.0 Å². The van der Waals surface area contributed by atoms with E-state index in [9.17, 15) is 0 Å². The highest BCUT2D eigenvalue weighted by Crippen LogP contribution is 2.27. The number of rotatable bonds is 5. The van der Waals surface area contributed by atoms with Crippen molar-refractivity contribution in [3.63, 3.8) is 0 Å². The van der Waals surface area contributed by atoms with Crippen molar-refractivity contribution >= 4 is 11.3 Å². The number of nitrogens with one attached hydrogen (secondary N) is 1. The van der Waals surface area contributed by atoms with Crippen molar-refractivity contribution in [3.05, 3.63) is 40.1 Å². The van der Waals surface area contributed by atoms with Gasteiger partial charge in [0.05, 0.1) is 0 Å². The van der Waals surface area contributed by atoms with Gasteiger partial charge in [-0.2, -0.15) is 0 Å². The molecule has 0 aliphatic rings.